The Bertz CT molecular complexity index is 1510. The van der Waals surface area contributed by atoms with E-state index >= 15 is 0 Å². The van der Waals surface area contributed by atoms with Crippen LogP contribution in [0, 0.1) is 21.4 Å². The number of carbonyl (C=O) groups excluding carboxylic acids is 1. The van der Waals surface area contributed by atoms with Crippen LogP contribution < -0.4 is 14.8 Å². The lowest BCUT2D eigenvalue weighted by atomic mass is 10.1. The summed E-state index contributed by atoms with van der Waals surface area (Å²) in [5.41, 5.74) is 2.98. The molecule has 4 aromatic rings. The van der Waals surface area contributed by atoms with Crippen LogP contribution >= 0.6 is 15.9 Å². The second-order valence-electron chi connectivity index (χ2n) is 8.34. The number of benzene rings is 4. The fourth-order valence-corrected chi connectivity index (χ4v) is 3.70. The number of nitrogens with one attached hydrogen (secondary N) is 1. The molecule has 0 fully saturated rings. The first-order chi connectivity index (χ1) is 18.9. The van der Waals surface area contributed by atoms with Crippen LogP contribution in [0.25, 0.3) is 6.08 Å². The molecule has 0 spiro atoms. The number of hydrogen-bond acceptors (Lipinski definition) is 6. The van der Waals surface area contributed by atoms with E-state index in [1.165, 1.54) is 18.2 Å². The summed E-state index contributed by atoms with van der Waals surface area (Å²) in [5, 5.41) is 23.0. The Labute approximate surface area is 233 Å². The number of ether oxygens (including phenoxy) is 2. The Morgan fingerprint density at radius 1 is 0.846 bits per heavy atom. The van der Waals surface area contributed by atoms with Crippen LogP contribution in [0.15, 0.2) is 107 Å². The van der Waals surface area contributed by atoms with Gasteiger partial charge in [-0.3, -0.25) is 14.9 Å². The van der Waals surface area contributed by atoms with E-state index in [0.717, 1.165) is 15.6 Å². The monoisotopic (exact) mass is 583 g/mol. The van der Waals surface area contributed by atoms with Gasteiger partial charge in [-0.05, 0) is 83.4 Å². The summed E-state index contributed by atoms with van der Waals surface area (Å²) in [6, 6.07) is 29.7. The van der Waals surface area contributed by atoms with Gasteiger partial charge >= 0.3 is 0 Å². The second-order valence-corrected chi connectivity index (χ2v) is 9.26. The van der Waals surface area contributed by atoms with E-state index in [4.69, 9.17) is 9.47 Å². The van der Waals surface area contributed by atoms with Gasteiger partial charge in [0.05, 0.1) is 4.92 Å². The number of nitro groups is 1. The Hall–Kier alpha value is -4.94. The lowest BCUT2D eigenvalue weighted by Gasteiger charge is -2.09. The van der Waals surface area contributed by atoms with Gasteiger partial charge in [-0.25, -0.2) is 0 Å². The van der Waals surface area contributed by atoms with Crippen LogP contribution in [0.2, 0.25) is 0 Å². The predicted octanol–water partition coefficient (Wildman–Crippen LogP) is 7.06. The number of halogens is 1. The molecule has 0 heterocycles. The standard InChI is InChI=1S/C30H22BrN3O5/c31-25-7-1-22(2-8-25)19-39-29-15-9-26(10-16-29)33-30(35)24(18-32)17-21-5-13-28(14-6-21)38-20-23-3-11-27(12-4-23)34(36)37/h1-17H,19-20H2,(H,33,35)/b24-17+. The van der Waals surface area contributed by atoms with Gasteiger partial charge in [-0.2, -0.15) is 5.26 Å². The molecular formula is C30H22BrN3O5. The summed E-state index contributed by atoms with van der Waals surface area (Å²) >= 11 is 3.40. The number of non-ortho nitro benzene ring substituents is 1. The number of nitro benzene ring substituents is 1. The smallest absolute Gasteiger partial charge is 0.269 e. The summed E-state index contributed by atoms with van der Waals surface area (Å²) in [5.74, 6) is 0.707. The summed E-state index contributed by atoms with van der Waals surface area (Å²) in [6.45, 7) is 0.661. The molecular weight excluding hydrogens is 562 g/mol. The molecule has 0 aliphatic rings. The van der Waals surface area contributed by atoms with Crippen LogP contribution in [-0.4, -0.2) is 10.8 Å². The molecule has 4 aromatic carbocycles. The van der Waals surface area contributed by atoms with Crippen LogP contribution in [0.3, 0.4) is 0 Å². The first-order valence-electron chi connectivity index (χ1n) is 11.8. The summed E-state index contributed by atoms with van der Waals surface area (Å²) < 4.78 is 12.5. The van der Waals surface area contributed by atoms with Gasteiger partial charge in [0.1, 0.15) is 36.4 Å². The fraction of sp³-hybridized carbons (Fsp3) is 0.0667. The van der Waals surface area contributed by atoms with Crippen molar-refractivity contribution in [2.75, 3.05) is 5.32 Å². The van der Waals surface area contributed by atoms with Crippen molar-refractivity contribution in [3.8, 4) is 17.6 Å². The predicted molar refractivity (Wildman–Crippen MR) is 151 cm³/mol. The van der Waals surface area contributed by atoms with Crippen molar-refractivity contribution in [1.29, 1.82) is 5.26 Å². The molecule has 8 nitrogen and oxygen atoms in total. The first kappa shape index (κ1) is 27.1. The fourth-order valence-electron chi connectivity index (χ4n) is 3.44. The van der Waals surface area contributed by atoms with Gasteiger partial charge in [0.15, 0.2) is 0 Å². The SMILES string of the molecule is N#C/C(=C\c1ccc(OCc2ccc([N+](=O)[O-])cc2)cc1)C(=O)Nc1ccc(OCc2ccc(Br)cc2)cc1. The Kier molecular flexibility index (Phi) is 9.06. The van der Waals surface area contributed by atoms with Crippen molar-refractivity contribution in [3.63, 3.8) is 0 Å². The third-order valence-electron chi connectivity index (χ3n) is 5.54. The Morgan fingerprint density at radius 2 is 1.36 bits per heavy atom. The largest absolute Gasteiger partial charge is 0.489 e. The molecule has 1 N–H and O–H groups in total. The second kappa shape index (κ2) is 13.0. The number of amides is 1. The minimum Gasteiger partial charge on any atom is -0.489 e. The minimum atomic E-state index is -0.528. The van der Waals surface area contributed by atoms with Crippen molar-refractivity contribution < 1.29 is 19.2 Å². The van der Waals surface area contributed by atoms with E-state index in [1.807, 2.05) is 30.3 Å². The van der Waals surface area contributed by atoms with Crippen molar-refractivity contribution >= 4 is 39.3 Å². The molecule has 4 rings (SSSR count). The molecule has 0 saturated carbocycles. The van der Waals surface area contributed by atoms with Crippen molar-refractivity contribution in [3.05, 3.63) is 134 Å². The van der Waals surface area contributed by atoms with Gasteiger partial charge in [0.2, 0.25) is 0 Å². The molecule has 0 bridgehead atoms. The van der Waals surface area contributed by atoms with E-state index in [1.54, 1.807) is 60.7 Å². The van der Waals surface area contributed by atoms with Crippen molar-refractivity contribution in [2.24, 2.45) is 0 Å². The summed E-state index contributed by atoms with van der Waals surface area (Å²) in [4.78, 5) is 23.0. The van der Waals surface area contributed by atoms with Crippen LogP contribution in [0.5, 0.6) is 11.5 Å². The maximum atomic E-state index is 12.7. The number of hydrogen-bond donors (Lipinski definition) is 1. The van der Waals surface area contributed by atoms with Gasteiger partial charge in [0, 0.05) is 22.3 Å². The molecule has 0 aromatic heterocycles. The highest BCUT2D eigenvalue weighted by Crippen LogP contribution is 2.20. The van der Waals surface area contributed by atoms with Crippen molar-refractivity contribution in [2.45, 2.75) is 13.2 Å². The lowest BCUT2D eigenvalue weighted by Crippen LogP contribution is -2.13. The zero-order valence-corrected chi connectivity index (χ0v) is 22.1. The van der Waals surface area contributed by atoms with E-state index in [-0.39, 0.29) is 17.9 Å². The average molecular weight is 584 g/mol. The number of nitriles is 1. The molecule has 0 aliphatic carbocycles. The molecule has 0 atom stereocenters. The van der Waals surface area contributed by atoms with Gasteiger partial charge in [-0.15, -0.1) is 0 Å². The van der Waals surface area contributed by atoms with Gasteiger partial charge < -0.3 is 14.8 Å². The van der Waals surface area contributed by atoms with Gasteiger partial charge in [-0.1, -0.05) is 40.2 Å². The minimum absolute atomic E-state index is 0.0193. The maximum Gasteiger partial charge on any atom is 0.269 e. The molecule has 194 valence electrons. The van der Waals surface area contributed by atoms with E-state index in [0.29, 0.717) is 29.4 Å². The topological polar surface area (TPSA) is 114 Å². The zero-order chi connectivity index (χ0) is 27.6. The molecule has 1 amide bonds. The first-order valence-corrected chi connectivity index (χ1v) is 12.6. The van der Waals surface area contributed by atoms with Crippen molar-refractivity contribution in [1.82, 2.24) is 0 Å². The number of nitrogens with zero attached hydrogens (tertiary/aromatic N) is 2. The highest BCUT2D eigenvalue weighted by atomic mass is 79.9. The molecule has 9 heteroatoms. The van der Waals surface area contributed by atoms with Crippen LogP contribution in [0.1, 0.15) is 16.7 Å². The summed E-state index contributed by atoms with van der Waals surface area (Å²) in [7, 11) is 0. The number of carbonyl (C=O) groups is 1. The third-order valence-corrected chi connectivity index (χ3v) is 6.07. The normalized spacial score (nSPS) is 10.8. The highest BCUT2D eigenvalue weighted by Gasteiger charge is 2.10. The lowest BCUT2D eigenvalue weighted by molar-refractivity contribution is -0.384. The number of rotatable bonds is 10. The highest BCUT2D eigenvalue weighted by molar-refractivity contribution is 9.10. The molecule has 0 aliphatic heterocycles. The summed E-state index contributed by atoms with van der Waals surface area (Å²) in [6.07, 6.45) is 1.49. The van der Waals surface area contributed by atoms with E-state index in [9.17, 15) is 20.2 Å². The number of anilines is 1. The molecule has 39 heavy (non-hydrogen) atoms. The molecule has 0 saturated heterocycles. The van der Waals surface area contributed by atoms with Crippen LogP contribution in [-0.2, 0) is 18.0 Å². The average Bonchev–Trinajstić information content (AvgIpc) is 2.96. The van der Waals surface area contributed by atoms with E-state index in [2.05, 4.69) is 21.2 Å². The third kappa shape index (κ3) is 8.02. The Morgan fingerprint density at radius 3 is 1.87 bits per heavy atom. The zero-order valence-electron chi connectivity index (χ0n) is 20.5. The molecule has 0 unspecified atom stereocenters. The maximum absolute atomic E-state index is 12.7. The van der Waals surface area contributed by atoms with Crippen LogP contribution in [0.4, 0.5) is 11.4 Å². The Balaban J connectivity index is 1.30. The molecule has 0 radical (unpaired) electrons. The van der Waals surface area contributed by atoms with Gasteiger partial charge in [0.25, 0.3) is 11.6 Å². The van der Waals surface area contributed by atoms with E-state index < -0.39 is 10.8 Å². The quantitative estimate of drug-likeness (QED) is 0.0924.